The van der Waals surface area contributed by atoms with E-state index in [0.717, 1.165) is 0 Å². The predicted molar refractivity (Wildman–Crippen MR) is 80.5 cm³/mol. The molecule has 11 nitrogen and oxygen atoms in total. The second-order valence-electron chi connectivity index (χ2n) is 5.13. The van der Waals surface area contributed by atoms with Crippen LogP contribution in [0, 0.1) is 0 Å². The number of nitrogens with one attached hydrogen (secondary N) is 3. The first-order valence-electron chi connectivity index (χ1n) is 7.31. The molecule has 0 bridgehead atoms. The number of aliphatic carboxylic acids is 1. The van der Waals surface area contributed by atoms with Gasteiger partial charge in [0.05, 0.1) is 25.1 Å². The number of hydrogen-bond donors (Lipinski definition) is 8. The van der Waals surface area contributed by atoms with Crippen molar-refractivity contribution in [2.24, 2.45) is 22.9 Å². The SMILES string of the molecule is NC(N)=[NH+]CCC[C@H](NC(=O)[C@@H]([NH3+])CCC[NH+]=C(N)N)C(=O)[O-]. The fraction of sp³-hybridized carbons (Fsp3) is 0.667. The van der Waals surface area contributed by atoms with Gasteiger partial charge in [0.15, 0.2) is 6.04 Å². The highest BCUT2D eigenvalue weighted by Crippen LogP contribution is 1.97. The van der Waals surface area contributed by atoms with Crippen LogP contribution < -0.4 is 49.1 Å². The van der Waals surface area contributed by atoms with E-state index in [1.807, 2.05) is 0 Å². The summed E-state index contributed by atoms with van der Waals surface area (Å²) in [6.45, 7) is 0.909. The highest BCUT2D eigenvalue weighted by Gasteiger charge is 2.21. The van der Waals surface area contributed by atoms with E-state index in [-0.39, 0.29) is 18.3 Å². The molecule has 0 radical (unpaired) electrons. The summed E-state index contributed by atoms with van der Waals surface area (Å²) < 4.78 is 0. The largest absolute Gasteiger partial charge is 0.548 e. The van der Waals surface area contributed by atoms with Crippen molar-refractivity contribution in [2.75, 3.05) is 13.1 Å². The molecule has 0 saturated carbocycles. The molecule has 0 fully saturated rings. The van der Waals surface area contributed by atoms with Gasteiger partial charge in [-0.25, -0.2) is 0 Å². The third-order valence-corrected chi connectivity index (χ3v) is 3.03. The maximum absolute atomic E-state index is 11.9. The van der Waals surface area contributed by atoms with E-state index in [2.05, 4.69) is 21.0 Å². The molecule has 0 aromatic carbocycles. The van der Waals surface area contributed by atoms with Gasteiger partial charge in [0, 0.05) is 6.42 Å². The van der Waals surface area contributed by atoms with Crippen LogP contribution in [0.3, 0.4) is 0 Å². The van der Waals surface area contributed by atoms with E-state index in [4.69, 9.17) is 22.9 Å². The summed E-state index contributed by atoms with van der Waals surface area (Å²) in [6, 6.07) is -1.66. The number of guanidine groups is 2. The normalized spacial score (nSPS) is 12.7. The van der Waals surface area contributed by atoms with E-state index in [1.165, 1.54) is 0 Å². The van der Waals surface area contributed by atoms with E-state index in [0.29, 0.717) is 32.4 Å². The van der Waals surface area contributed by atoms with Gasteiger partial charge >= 0.3 is 11.9 Å². The number of quaternary nitrogens is 1. The molecule has 0 heterocycles. The topological polar surface area (TPSA) is 229 Å². The van der Waals surface area contributed by atoms with Crippen LogP contribution in [-0.4, -0.2) is 49.0 Å². The molecule has 14 N–H and O–H groups in total. The van der Waals surface area contributed by atoms with Gasteiger partial charge in [0.1, 0.15) is 0 Å². The number of hydrogen-bond acceptors (Lipinski definition) is 3. The van der Waals surface area contributed by atoms with Gasteiger partial charge < -0.3 is 21.0 Å². The van der Waals surface area contributed by atoms with Crippen LogP contribution in [0.25, 0.3) is 0 Å². The second-order valence-corrected chi connectivity index (χ2v) is 5.13. The van der Waals surface area contributed by atoms with Crippen molar-refractivity contribution in [3.8, 4) is 0 Å². The number of carbonyl (C=O) groups is 2. The Kier molecular flexibility index (Phi) is 9.83. The highest BCUT2D eigenvalue weighted by atomic mass is 16.4. The van der Waals surface area contributed by atoms with Gasteiger partial charge in [-0.05, 0) is 19.3 Å². The second kappa shape index (κ2) is 11.1. The van der Waals surface area contributed by atoms with Crippen molar-refractivity contribution in [2.45, 2.75) is 37.8 Å². The number of carboxylic acid groups (broad SMARTS) is 1. The van der Waals surface area contributed by atoms with E-state index < -0.39 is 24.0 Å². The minimum absolute atomic E-state index is 0.0563. The van der Waals surface area contributed by atoms with Gasteiger partial charge in [-0.1, -0.05) is 0 Å². The lowest BCUT2D eigenvalue weighted by Gasteiger charge is -2.20. The first kappa shape index (κ1) is 20.4. The Morgan fingerprint density at radius 2 is 1.48 bits per heavy atom. The Hall–Kier alpha value is -2.56. The third-order valence-electron chi connectivity index (χ3n) is 3.03. The molecule has 0 aromatic heterocycles. The van der Waals surface area contributed by atoms with Crippen LogP contribution in [0.15, 0.2) is 0 Å². The molecule has 11 heteroatoms. The number of carboxylic acids is 1. The monoisotopic (exact) mass is 332 g/mol. The Labute approximate surface area is 134 Å². The number of amides is 1. The fourth-order valence-corrected chi connectivity index (χ4v) is 1.79. The van der Waals surface area contributed by atoms with E-state index in [9.17, 15) is 14.7 Å². The van der Waals surface area contributed by atoms with Crippen molar-refractivity contribution < 1.29 is 30.4 Å². The van der Waals surface area contributed by atoms with E-state index in [1.54, 1.807) is 0 Å². The first-order valence-corrected chi connectivity index (χ1v) is 7.31. The molecular weight excluding hydrogens is 304 g/mol. The van der Waals surface area contributed by atoms with Crippen LogP contribution in [0.4, 0.5) is 0 Å². The molecule has 1 amide bonds. The quantitative estimate of drug-likeness (QED) is 0.103. The van der Waals surface area contributed by atoms with Crippen molar-refractivity contribution >= 4 is 23.8 Å². The Morgan fingerprint density at radius 3 is 1.91 bits per heavy atom. The van der Waals surface area contributed by atoms with Crippen molar-refractivity contribution in [1.29, 1.82) is 0 Å². The van der Waals surface area contributed by atoms with Crippen LogP contribution in [-0.2, 0) is 9.59 Å². The molecular formula is C12H28N8O3+2. The summed E-state index contributed by atoms with van der Waals surface area (Å²) in [7, 11) is 0. The van der Waals surface area contributed by atoms with Crippen molar-refractivity contribution in [3.63, 3.8) is 0 Å². The molecule has 2 atom stereocenters. The summed E-state index contributed by atoms with van der Waals surface area (Å²) >= 11 is 0. The van der Waals surface area contributed by atoms with Crippen LogP contribution in [0.1, 0.15) is 25.7 Å². The average Bonchev–Trinajstić information content (AvgIpc) is 2.45. The van der Waals surface area contributed by atoms with E-state index >= 15 is 0 Å². The lowest BCUT2D eigenvalue weighted by molar-refractivity contribution is -0.463. The maximum Gasteiger partial charge on any atom is 0.338 e. The van der Waals surface area contributed by atoms with Crippen molar-refractivity contribution in [1.82, 2.24) is 5.32 Å². The smallest absolute Gasteiger partial charge is 0.338 e. The number of nitrogens with two attached hydrogens (primary N) is 4. The lowest BCUT2D eigenvalue weighted by Crippen LogP contribution is -2.78. The molecule has 0 saturated heterocycles. The predicted octanol–water partition coefficient (Wildman–Crippen LogP) is -8.90. The first-order chi connectivity index (χ1) is 10.7. The summed E-state index contributed by atoms with van der Waals surface area (Å²) in [5.41, 5.74) is 24.6. The summed E-state index contributed by atoms with van der Waals surface area (Å²) in [5, 5.41) is 13.5. The van der Waals surface area contributed by atoms with Crippen LogP contribution >= 0.6 is 0 Å². The molecule has 0 spiro atoms. The fourth-order valence-electron chi connectivity index (χ4n) is 1.79. The average molecular weight is 332 g/mol. The molecule has 0 aliphatic rings. The zero-order valence-corrected chi connectivity index (χ0v) is 13.1. The summed E-state index contributed by atoms with van der Waals surface area (Å²) in [5.74, 6) is -1.62. The Morgan fingerprint density at radius 1 is 1.00 bits per heavy atom. The summed E-state index contributed by atoms with van der Waals surface area (Å²) in [4.78, 5) is 28.4. The lowest BCUT2D eigenvalue weighted by atomic mass is 10.1. The maximum atomic E-state index is 11.9. The number of rotatable bonds is 11. The zero-order chi connectivity index (χ0) is 17.8. The zero-order valence-electron chi connectivity index (χ0n) is 13.1. The Bertz CT molecular complexity index is 444. The summed E-state index contributed by atoms with van der Waals surface area (Å²) in [6.07, 6.45) is 1.73. The molecule has 0 rings (SSSR count). The highest BCUT2D eigenvalue weighted by molar-refractivity contribution is 5.85. The van der Waals surface area contributed by atoms with Gasteiger partial charge in [-0.2, -0.15) is 0 Å². The van der Waals surface area contributed by atoms with Gasteiger partial charge in [-0.3, -0.25) is 37.7 Å². The molecule has 0 unspecified atom stereocenters. The molecule has 0 aliphatic heterocycles. The van der Waals surface area contributed by atoms with Crippen LogP contribution in [0.2, 0.25) is 0 Å². The van der Waals surface area contributed by atoms with Gasteiger partial charge in [0.25, 0.3) is 5.91 Å². The molecule has 23 heavy (non-hydrogen) atoms. The van der Waals surface area contributed by atoms with Gasteiger partial charge in [-0.15, -0.1) is 0 Å². The van der Waals surface area contributed by atoms with Gasteiger partial charge in [0.2, 0.25) is 0 Å². The standard InChI is InChI=1S/C12H26N8O3/c13-7(3-1-5-18-11(14)15)9(21)20-8(10(22)23)4-2-6-19-12(16)17/h7-8H,1-6,13H2,(H,20,21)(H,22,23)(H4,14,15,18)(H4,16,17,19)/p+2/t7-,8-/m0/s1. The van der Waals surface area contributed by atoms with Crippen LogP contribution in [0.5, 0.6) is 0 Å². The molecule has 0 aliphatic carbocycles. The minimum Gasteiger partial charge on any atom is -0.548 e. The van der Waals surface area contributed by atoms with Crippen molar-refractivity contribution in [3.05, 3.63) is 0 Å². The Balaban J connectivity index is 4.24. The minimum atomic E-state index is -1.34. The molecule has 0 aromatic rings. The molecule has 132 valence electrons. The number of carbonyl (C=O) groups excluding carboxylic acids is 2. The third kappa shape index (κ3) is 10.8.